The van der Waals surface area contributed by atoms with Gasteiger partial charge in [-0.05, 0) is 24.3 Å². The van der Waals surface area contributed by atoms with E-state index in [0.717, 1.165) is 0 Å². The van der Waals surface area contributed by atoms with Gasteiger partial charge in [0, 0.05) is 22.9 Å². The van der Waals surface area contributed by atoms with Gasteiger partial charge in [-0.25, -0.2) is 0 Å². The second-order valence-electron chi connectivity index (χ2n) is 5.03. The highest BCUT2D eigenvalue weighted by Gasteiger charge is 2.12. The molecule has 0 saturated carbocycles. The Balaban J connectivity index is 1.96. The van der Waals surface area contributed by atoms with Gasteiger partial charge in [-0.3, -0.25) is 9.79 Å². The largest absolute Gasteiger partial charge is 0.507 e. The Kier molecular flexibility index (Phi) is 4.29. The molecule has 0 atom stereocenters. The number of para-hydroxylation sites is 2. The summed E-state index contributed by atoms with van der Waals surface area (Å²) in [6, 6.07) is 23.2. The minimum Gasteiger partial charge on any atom is -0.507 e. The number of carbonyl (C=O) groups is 1. The van der Waals surface area contributed by atoms with Crippen molar-refractivity contribution in [1.82, 2.24) is 0 Å². The summed E-state index contributed by atoms with van der Waals surface area (Å²) in [7, 11) is 0. The van der Waals surface area contributed by atoms with Gasteiger partial charge in [-0.15, -0.1) is 0 Å². The number of rotatable bonds is 4. The van der Waals surface area contributed by atoms with E-state index in [1.807, 2.05) is 36.4 Å². The Labute approximate surface area is 134 Å². The highest BCUT2D eigenvalue weighted by Crippen LogP contribution is 2.23. The second kappa shape index (κ2) is 6.71. The average molecular weight is 301 g/mol. The van der Waals surface area contributed by atoms with Crippen molar-refractivity contribution in [3.63, 3.8) is 0 Å². The zero-order valence-electron chi connectivity index (χ0n) is 12.4. The van der Waals surface area contributed by atoms with E-state index in [1.165, 1.54) is 0 Å². The molecule has 0 aliphatic carbocycles. The van der Waals surface area contributed by atoms with Gasteiger partial charge in [0.1, 0.15) is 5.75 Å². The average Bonchev–Trinajstić information content (AvgIpc) is 2.61. The van der Waals surface area contributed by atoms with E-state index in [0.29, 0.717) is 22.4 Å². The van der Waals surface area contributed by atoms with Crippen LogP contribution in [-0.4, -0.2) is 17.1 Å². The van der Waals surface area contributed by atoms with Crippen molar-refractivity contribution >= 4 is 17.7 Å². The van der Waals surface area contributed by atoms with Crippen LogP contribution in [0, 0.1) is 0 Å². The maximum atomic E-state index is 12.6. The monoisotopic (exact) mass is 301 g/mol. The van der Waals surface area contributed by atoms with Crippen molar-refractivity contribution in [3.8, 4) is 5.75 Å². The van der Waals surface area contributed by atoms with Crippen molar-refractivity contribution in [2.24, 2.45) is 4.99 Å². The molecular formula is C20H15NO2. The number of hydrogen-bond acceptors (Lipinski definition) is 3. The van der Waals surface area contributed by atoms with Gasteiger partial charge in [0.25, 0.3) is 0 Å². The quantitative estimate of drug-likeness (QED) is 0.574. The Bertz CT molecular complexity index is 854. The summed E-state index contributed by atoms with van der Waals surface area (Å²) >= 11 is 0. The molecule has 0 saturated heterocycles. The van der Waals surface area contributed by atoms with Gasteiger partial charge in [0.05, 0.1) is 5.69 Å². The first-order valence-electron chi connectivity index (χ1n) is 7.26. The fraction of sp³-hybridized carbons (Fsp3) is 0. The molecule has 112 valence electrons. The van der Waals surface area contributed by atoms with Crippen LogP contribution in [-0.2, 0) is 0 Å². The fourth-order valence-corrected chi connectivity index (χ4v) is 2.26. The van der Waals surface area contributed by atoms with Gasteiger partial charge in [0.2, 0.25) is 0 Å². The molecule has 3 aromatic rings. The second-order valence-corrected chi connectivity index (χ2v) is 5.03. The zero-order chi connectivity index (χ0) is 16.1. The van der Waals surface area contributed by atoms with Gasteiger partial charge in [0.15, 0.2) is 5.78 Å². The Morgan fingerprint density at radius 1 is 0.826 bits per heavy atom. The fourth-order valence-electron chi connectivity index (χ4n) is 2.26. The number of hydrogen-bond donors (Lipinski definition) is 1. The highest BCUT2D eigenvalue weighted by atomic mass is 16.3. The molecule has 0 heterocycles. The van der Waals surface area contributed by atoms with Crippen LogP contribution in [0.3, 0.4) is 0 Å². The first kappa shape index (κ1) is 14.7. The zero-order valence-corrected chi connectivity index (χ0v) is 12.4. The molecule has 3 heteroatoms. The number of carbonyl (C=O) groups excluding carboxylic acids is 1. The van der Waals surface area contributed by atoms with Crippen molar-refractivity contribution in [3.05, 3.63) is 95.6 Å². The van der Waals surface area contributed by atoms with E-state index >= 15 is 0 Å². The maximum Gasteiger partial charge on any atom is 0.195 e. The first-order valence-corrected chi connectivity index (χ1v) is 7.26. The van der Waals surface area contributed by atoms with Crippen LogP contribution in [0.25, 0.3) is 0 Å². The lowest BCUT2D eigenvalue weighted by Crippen LogP contribution is -2.01. The summed E-state index contributed by atoms with van der Waals surface area (Å²) in [6.45, 7) is 0. The van der Waals surface area contributed by atoms with Crippen molar-refractivity contribution in [1.29, 1.82) is 0 Å². The van der Waals surface area contributed by atoms with Crippen LogP contribution in [0.1, 0.15) is 21.5 Å². The van der Waals surface area contributed by atoms with Gasteiger partial charge >= 0.3 is 0 Å². The Morgan fingerprint density at radius 2 is 1.48 bits per heavy atom. The smallest absolute Gasteiger partial charge is 0.195 e. The van der Waals surface area contributed by atoms with E-state index in [9.17, 15) is 9.90 Å². The predicted octanol–water partition coefficient (Wildman–Crippen LogP) is 4.37. The molecule has 1 N–H and O–H groups in total. The van der Waals surface area contributed by atoms with E-state index in [-0.39, 0.29) is 11.5 Å². The molecule has 23 heavy (non-hydrogen) atoms. The molecule has 0 unspecified atom stereocenters. The number of nitrogens with zero attached hydrogens (tertiary/aromatic N) is 1. The summed E-state index contributed by atoms with van der Waals surface area (Å²) in [5.74, 6) is 0.0822. The van der Waals surface area contributed by atoms with Crippen molar-refractivity contribution in [2.75, 3.05) is 0 Å². The number of ketones is 1. The van der Waals surface area contributed by atoms with E-state index < -0.39 is 0 Å². The number of phenolic OH excluding ortho intramolecular Hbond substituents is 1. The normalized spacial score (nSPS) is 10.8. The molecule has 3 nitrogen and oxygen atoms in total. The molecule has 0 bridgehead atoms. The summed E-state index contributed by atoms with van der Waals surface area (Å²) in [5.41, 5.74) is 2.34. The Morgan fingerprint density at radius 3 is 2.26 bits per heavy atom. The molecule has 0 fully saturated rings. The van der Waals surface area contributed by atoms with Crippen LogP contribution >= 0.6 is 0 Å². The first-order chi connectivity index (χ1) is 11.3. The highest BCUT2D eigenvalue weighted by molar-refractivity contribution is 6.12. The lowest BCUT2D eigenvalue weighted by molar-refractivity contribution is 0.103. The summed E-state index contributed by atoms with van der Waals surface area (Å²) in [6.07, 6.45) is 1.56. The van der Waals surface area contributed by atoms with Crippen LogP contribution in [0.15, 0.2) is 83.9 Å². The van der Waals surface area contributed by atoms with Gasteiger partial charge in [-0.1, -0.05) is 54.6 Å². The third-order valence-electron chi connectivity index (χ3n) is 3.46. The molecule has 0 aromatic heterocycles. The third kappa shape index (κ3) is 3.35. The lowest BCUT2D eigenvalue weighted by atomic mass is 10.0. The van der Waals surface area contributed by atoms with Crippen molar-refractivity contribution < 1.29 is 9.90 Å². The van der Waals surface area contributed by atoms with E-state index in [1.54, 1.807) is 48.7 Å². The topological polar surface area (TPSA) is 49.7 Å². The van der Waals surface area contributed by atoms with Crippen LogP contribution in [0.5, 0.6) is 5.75 Å². The molecular weight excluding hydrogens is 286 g/mol. The number of aliphatic imine (C=N–C) groups is 1. The standard InChI is InChI=1S/C20H15NO2/c22-19-13-7-4-10-16(19)14-21-18-12-6-5-11-17(18)20(23)15-8-2-1-3-9-15/h1-14,22H. The van der Waals surface area contributed by atoms with Gasteiger partial charge in [-0.2, -0.15) is 0 Å². The summed E-state index contributed by atoms with van der Waals surface area (Å²) in [4.78, 5) is 17.0. The maximum absolute atomic E-state index is 12.6. The van der Waals surface area contributed by atoms with Crippen molar-refractivity contribution in [2.45, 2.75) is 0 Å². The summed E-state index contributed by atoms with van der Waals surface area (Å²) in [5, 5.41) is 9.79. The molecule has 0 aliphatic heterocycles. The third-order valence-corrected chi connectivity index (χ3v) is 3.46. The molecule has 0 aliphatic rings. The van der Waals surface area contributed by atoms with Gasteiger partial charge < -0.3 is 5.11 Å². The number of benzene rings is 3. The predicted molar refractivity (Wildman–Crippen MR) is 91.7 cm³/mol. The minimum atomic E-state index is -0.0735. The van der Waals surface area contributed by atoms with Crippen LogP contribution < -0.4 is 0 Å². The molecule has 0 spiro atoms. The van der Waals surface area contributed by atoms with E-state index in [4.69, 9.17) is 0 Å². The lowest BCUT2D eigenvalue weighted by Gasteiger charge is -2.05. The number of aromatic hydroxyl groups is 1. The SMILES string of the molecule is O=C(c1ccccc1)c1ccccc1N=Cc1ccccc1O. The molecule has 3 rings (SSSR count). The molecule has 3 aromatic carbocycles. The van der Waals surface area contributed by atoms with E-state index in [2.05, 4.69) is 4.99 Å². The summed E-state index contributed by atoms with van der Waals surface area (Å²) < 4.78 is 0. The van der Waals surface area contributed by atoms with Crippen LogP contribution in [0.2, 0.25) is 0 Å². The number of phenols is 1. The Hall–Kier alpha value is -3.20. The molecule has 0 radical (unpaired) electrons. The molecule has 0 amide bonds. The minimum absolute atomic E-state index is 0.0735. The van der Waals surface area contributed by atoms with Crippen LogP contribution in [0.4, 0.5) is 5.69 Å².